The van der Waals surface area contributed by atoms with Crippen LogP contribution in [0.2, 0.25) is 5.02 Å². The van der Waals surface area contributed by atoms with Crippen molar-refractivity contribution in [1.29, 1.82) is 0 Å². The van der Waals surface area contributed by atoms with E-state index >= 15 is 0 Å². The average molecular weight is 451 g/mol. The maximum atomic E-state index is 12.2. The molecule has 158 valence electrons. The molecule has 0 saturated heterocycles. The zero-order valence-corrected chi connectivity index (χ0v) is 17.5. The molecule has 9 nitrogen and oxygen atoms in total. The van der Waals surface area contributed by atoms with E-state index in [1.807, 2.05) is 0 Å². The zero-order chi connectivity index (χ0) is 21.6. The van der Waals surface area contributed by atoms with E-state index in [0.717, 1.165) is 0 Å². The normalized spacial score (nSPS) is 11.3. The van der Waals surface area contributed by atoms with Crippen LogP contribution in [-0.4, -0.2) is 37.6 Å². The zero-order valence-electron chi connectivity index (χ0n) is 16.0. The van der Waals surface area contributed by atoms with Gasteiger partial charge >= 0.3 is 0 Å². The summed E-state index contributed by atoms with van der Waals surface area (Å²) in [6.07, 6.45) is 0. The third kappa shape index (κ3) is 6.02. The van der Waals surface area contributed by atoms with Crippen molar-refractivity contribution in [1.82, 2.24) is 20.2 Å². The molecule has 2 aromatic carbocycles. The molecule has 1 amide bonds. The number of sulfonamides is 1. The van der Waals surface area contributed by atoms with E-state index in [1.165, 1.54) is 12.1 Å². The van der Waals surface area contributed by atoms with Crippen molar-refractivity contribution < 1.29 is 22.5 Å². The van der Waals surface area contributed by atoms with Gasteiger partial charge < -0.3 is 14.6 Å². The molecule has 2 N–H and O–H groups in total. The SMILES string of the molecule is Cc1nc(COc2ccc(C(=O)NCCNS(=O)(=O)c3cccc(Cl)c3)cc2)no1. The fraction of sp³-hybridized carbons (Fsp3) is 0.211. The lowest BCUT2D eigenvalue weighted by atomic mass is 10.2. The first-order chi connectivity index (χ1) is 14.3. The van der Waals surface area contributed by atoms with Gasteiger partial charge in [-0.05, 0) is 42.5 Å². The lowest BCUT2D eigenvalue weighted by Crippen LogP contribution is -2.34. The topological polar surface area (TPSA) is 123 Å². The Hall–Kier alpha value is -2.95. The standard InChI is InChI=1S/C19H19ClN4O5S/c1-13-23-18(24-29-13)12-28-16-7-5-14(6-8-16)19(25)21-9-10-22-30(26,27)17-4-2-3-15(20)11-17/h2-8,11,22H,9-10,12H2,1H3,(H,21,25). The number of ether oxygens (including phenoxy) is 1. The van der Waals surface area contributed by atoms with Gasteiger partial charge in [-0.25, -0.2) is 13.1 Å². The average Bonchev–Trinajstić information content (AvgIpc) is 3.15. The quantitative estimate of drug-likeness (QED) is 0.479. The van der Waals surface area contributed by atoms with Crippen molar-refractivity contribution in [3.05, 3.63) is 70.8 Å². The number of nitrogens with zero attached hydrogens (tertiary/aromatic N) is 2. The summed E-state index contributed by atoms with van der Waals surface area (Å²) in [6.45, 7) is 1.99. The number of hydrogen-bond donors (Lipinski definition) is 2. The van der Waals surface area contributed by atoms with Gasteiger partial charge in [-0.3, -0.25) is 4.79 Å². The van der Waals surface area contributed by atoms with Crippen LogP contribution in [-0.2, 0) is 16.6 Å². The van der Waals surface area contributed by atoms with Crippen LogP contribution in [0.4, 0.5) is 0 Å². The number of nitrogens with one attached hydrogen (secondary N) is 2. The maximum Gasteiger partial charge on any atom is 0.251 e. The van der Waals surface area contributed by atoms with E-state index in [9.17, 15) is 13.2 Å². The monoisotopic (exact) mass is 450 g/mol. The molecule has 0 unspecified atom stereocenters. The lowest BCUT2D eigenvalue weighted by molar-refractivity contribution is 0.0954. The Labute approximate surface area is 178 Å². The number of aromatic nitrogens is 2. The molecule has 0 atom stereocenters. The Balaban J connectivity index is 1.44. The summed E-state index contributed by atoms with van der Waals surface area (Å²) in [6, 6.07) is 12.4. The van der Waals surface area contributed by atoms with Crippen molar-refractivity contribution in [2.24, 2.45) is 0 Å². The van der Waals surface area contributed by atoms with Gasteiger partial charge in [0.2, 0.25) is 21.7 Å². The minimum absolute atomic E-state index is 0.0336. The Morgan fingerprint density at radius 2 is 1.93 bits per heavy atom. The van der Waals surface area contributed by atoms with E-state index in [2.05, 4.69) is 20.2 Å². The third-order valence-electron chi connectivity index (χ3n) is 3.86. The van der Waals surface area contributed by atoms with Crippen LogP contribution in [0.25, 0.3) is 0 Å². The van der Waals surface area contributed by atoms with Gasteiger partial charge in [-0.1, -0.05) is 22.8 Å². The minimum Gasteiger partial charge on any atom is -0.485 e. The number of carbonyl (C=O) groups excluding carboxylic acids is 1. The highest BCUT2D eigenvalue weighted by Crippen LogP contribution is 2.15. The first-order valence-corrected chi connectivity index (χ1v) is 10.7. The van der Waals surface area contributed by atoms with Crippen molar-refractivity contribution in [3.63, 3.8) is 0 Å². The summed E-state index contributed by atoms with van der Waals surface area (Å²) >= 11 is 5.82. The summed E-state index contributed by atoms with van der Waals surface area (Å²) in [5.41, 5.74) is 0.412. The van der Waals surface area contributed by atoms with Crippen LogP contribution in [0, 0.1) is 6.92 Å². The van der Waals surface area contributed by atoms with Crippen molar-refractivity contribution >= 4 is 27.5 Å². The Kier molecular flexibility index (Phi) is 7.03. The highest BCUT2D eigenvalue weighted by molar-refractivity contribution is 7.89. The second-order valence-corrected chi connectivity index (χ2v) is 8.36. The molecule has 1 aromatic heterocycles. The van der Waals surface area contributed by atoms with Crippen molar-refractivity contribution in [2.45, 2.75) is 18.4 Å². The molecular weight excluding hydrogens is 432 g/mol. The molecule has 3 aromatic rings. The molecular formula is C19H19ClN4O5S. The molecule has 3 rings (SSSR count). The molecule has 0 saturated carbocycles. The predicted molar refractivity (Wildman–Crippen MR) is 109 cm³/mol. The molecule has 30 heavy (non-hydrogen) atoms. The minimum atomic E-state index is -3.70. The van der Waals surface area contributed by atoms with Crippen molar-refractivity contribution in [3.8, 4) is 5.75 Å². The van der Waals surface area contributed by atoms with Gasteiger partial charge in [-0.15, -0.1) is 0 Å². The molecule has 11 heteroatoms. The smallest absolute Gasteiger partial charge is 0.251 e. The molecule has 0 aliphatic carbocycles. The Bertz CT molecular complexity index is 1120. The molecule has 0 aliphatic rings. The molecule has 0 bridgehead atoms. The summed E-state index contributed by atoms with van der Waals surface area (Å²) in [5.74, 6) is 1.09. The summed E-state index contributed by atoms with van der Waals surface area (Å²) < 4.78 is 37.2. The largest absolute Gasteiger partial charge is 0.485 e. The van der Waals surface area contributed by atoms with Crippen LogP contribution in [0.15, 0.2) is 57.9 Å². The van der Waals surface area contributed by atoms with Crippen LogP contribution < -0.4 is 14.8 Å². The first-order valence-electron chi connectivity index (χ1n) is 8.89. The summed E-state index contributed by atoms with van der Waals surface area (Å²) in [5, 5.41) is 6.70. The fourth-order valence-electron chi connectivity index (χ4n) is 2.43. The number of amides is 1. The van der Waals surface area contributed by atoms with E-state index in [0.29, 0.717) is 28.1 Å². The van der Waals surface area contributed by atoms with Crippen LogP contribution in [0.3, 0.4) is 0 Å². The van der Waals surface area contributed by atoms with Gasteiger partial charge in [0, 0.05) is 30.6 Å². The molecule has 0 fully saturated rings. The summed E-state index contributed by atoms with van der Waals surface area (Å²) in [7, 11) is -3.70. The highest BCUT2D eigenvalue weighted by Gasteiger charge is 2.14. The van der Waals surface area contributed by atoms with Crippen LogP contribution in [0.5, 0.6) is 5.75 Å². The van der Waals surface area contributed by atoms with Crippen molar-refractivity contribution in [2.75, 3.05) is 13.1 Å². The molecule has 0 aliphatic heterocycles. The van der Waals surface area contributed by atoms with Gasteiger partial charge in [-0.2, -0.15) is 4.98 Å². The number of carbonyl (C=O) groups is 1. The van der Waals surface area contributed by atoms with Crippen LogP contribution >= 0.6 is 11.6 Å². The van der Waals surface area contributed by atoms with Gasteiger partial charge in [0.1, 0.15) is 5.75 Å². The second kappa shape index (κ2) is 9.70. The number of rotatable bonds is 9. The number of hydrogen-bond acceptors (Lipinski definition) is 7. The van der Waals surface area contributed by atoms with Gasteiger partial charge in [0.05, 0.1) is 4.90 Å². The maximum absolute atomic E-state index is 12.2. The number of halogens is 1. The highest BCUT2D eigenvalue weighted by atomic mass is 35.5. The Morgan fingerprint density at radius 3 is 2.60 bits per heavy atom. The number of benzene rings is 2. The molecule has 0 radical (unpaired) electrons. The predicted octanol–water partition coefficient (Wildman–Crippen LogP) is 2.32. The van der Waals surface area contributed by atoms with E-state index in [-0.39, 0.29) is 30.5 Å². The second-order valence-electron chi connectivity index (χ2n) is 6.15. The van der Waals surface area contributed by atoms with E-state index in [1.54, 1.807) is 43.3 Å². The Morgan fingerprint density at radius 1 is 1.17 bits per heavy atom. The lowest BCUT2D eigenvalue weighted by Gasteiger charge is -2.09. The summed E-state index contributed by atoms with van der Waals surface area (Å²) in [4.78, 5) is 16.3. The van der Waals surface area contributed by atoms with E-state index < -0.39 is 10.0 Å². The first kappa shape index (κ1) is 21.8. The van der Waals surface area contributed by atoms with E-state index in [4.69, 9.17) is 20.9 Å². The third-order valence-corrected chi connectivity index (χ3v) is 5.56. The molecule has 1 heterocycles. The van der Waals surface area contributed by atoms with Crippen LogP contribution in [0.1, 0.15) is 22.1 Å². The fourth-order valence-corrected chi connectivity index (χ4v) is 3.76. The van der Waals surface area contributed by atoms with Gasteiger partial charge in [0.25, 0.3) is 5.91 Å². The molecule has 0 spiro atoms. The van der Waals surface area contributed by atoms with Gasteiger partial charge in [0.15, 0.2) is 6.61 Å². The number of aryl methyl sites for hydroxylation is 1.